The zero-order chi connectivity index (χ0) is 10.8. The van der Waals surface area contributed by atoms with Crippen LogP contribution in [0.4, 0.5) is 0 Å². The summed E-state index contributed by atoms with van der Waals surface area (Å²) in [7, 11) is 0. The normalized spacial score (nSPS) is 27.6. The minimum atomic E-state index is -0.235. The van der Waals surface area contributed by atoms with E-state index in [1.54, 1.807) is 0 Å². The van der Waals surface area contributed by atoms with Gasteiger partial charge in [0.1, 0.15) is 0 Å². The molecule has 2 rings (SSSR count). The maximum Gasteiger partial charge on any atom is 0.169 e. The Hall–Kier alpha value is -0.120. The van der Waals surface area contributed by atoms with Crippen molar-refractivity contribution < 1.29 is 9.47 Å². The first-order chi connectivity index (χ1) is 7.24. The molecule has 15 heavy (non-hydrogen) atoms. The Bertz CT molecular complexity index is 196. The van der Waals surface area contributed by atoms with Gasteiger partial charge in [0.2, 0.25) is 0 Å². The fourth-order valence-corrected chi connectivity index (χ4v) is 3.17. The first-order valence-corrected chi connectivity index (χ1v) is 6.23. The van der Waals surface area contributed by atoms with Gasteiger partial charge in [-0.25, -0.2) is 0 Å². The first kappa shape index (κ1) is 11.4. The Kier molecular flexibility index (Phi) is 3.33. The van der Waals surface area contributed by atoms with Crippen LogP contribution in [0.2, 0.25) is 0 Å². The molecule has 0 amide bonds. The molecule has 2 aliphatic rings. The van der Waals surface area contributed by atoms with Crippen LogP contribution in [0.1, 0.15) is 39.5 Å². The Morgan fingerprint density at radius 1 is 1.00 bits per heavy atom. The van der Waals surface area contributed by atoms with Gasteiger partial charge in [-0.1, -0.05) is 0 Å². The summed E-state index contributed by atoms with van der Waals surface area (Å²) in [5.74, 6) is -0.235. The van der Waals surface area contributed by atoms with Gasteiger partial charge in [0.05, 0.1) is 0 Å². The van der Waals surface area contributed by atoms with Crippen LogP contribution in [-0.2, 0) is 9.47 Å². The van der Waals surface area contributed by atoms with Crippen LogP contribution in [0.15, 0.2) is 0 Å². The number of rotatable bonds is 4. The molecule has 3 heteroatoms. The molecule has 3 nitrogen and oxygen atoms in total. The van der Waals surface area contributed by atoms with Crippen LogP contribution in [0.3, 0.4) is 0 Å². The predicted octanol–water partition coefficient (Wildman–Crippen LogP) is 1.92. The topological polar surface area (TPSA) is 30.5 Å². The summed E-state index contributed by atoms with van der Waals surface area (Å²) in [5, 5.41) is 3.42. The molecular formula is C12H23NO2. The lowest BCUT2D eigenvalue weighted by Gasteiger charge is -2.56. The molecule has 1 aliphatic heterocycles. The molecule has 1 N–H and O–H groups in total. The van der Waals surface area contributed by atoms with Gasteiger partial charge in [0, 0.05) is 26.1 Å². The van der Waals surface area contributed by atoms with Gasteiger partial charge in [-0.2, -0.15) is 0 Å². The van der Waals surface area contributed by atoms with Gasteiger partial charge in [-0.15, -0.1) is 0 Å². The number of nitrogens with one attached hydrogen (secondary N) is 1. The minimum absolute atomic E-state index is 0.235. The third-order valence-electron chi connectivity index (χ3n) is 3.77. The molecule has 0 atom stereocenters. The zero-order valence-corrected chi connectivity index (χ0v) is 9.97. The van der Waals surface area contributed by atoms with E-state index >= 15 is 0 Å². The maximum absolute atomic E-state index is 5.79. The molecule has 1 spiro atoms. The number of ether oxygens (including phenoxy) is 2. The smallest absolute Gasteiger partial charge is 0.169 e. The molecular weight excluding hydrogens is 190 g/mol. The maximum atomic E-state index is 5.79. The lowest BCUT2D eigenvalue weighted by Crippen LogP contribution is -2.58. The SMILES string of the molecule is CCOC1(OCC)CC2(CCNCC2)C1. The summed E-state index contributed by atoms with van der Waals surface area (Å²) in [6, 6.07) is 0. The van der Waals surface area contributed by atoms with Gasteiger partial charge < -0.3 is 14.8 Å². The molecule has 1 saturated carbocycles. The molecule has 0 aromatic rings. The average molecular weight is 213 g/mol. The molecule has 0 bridgehead atoms. The van der Waals surface area contributed by atoms with Crippen LogP contribution < -0.4 is 5.32 Å². The number of hydrogen-bond acceptors (Lipinski definition) is 3. The van der Waals surface area contributed by atoms with Crippen molar-refractivity contribution in [3.8, 4) is 0 Å². The fourth-order valence-electron chi connectivity index (χ4n) is 3.17. The van der Waals surface area contributed by atoms with Crippen molar-refractivity contribution in [2.45, 2.75) is 45.3 Å². The van der Waals surface area contributed by atoms with Crippen molar-refractivity contribution in [2.75, 3.05) is 26.3 Å². The van der Waals surface area contributed by atoms with Crippen molar-refractivity contribution >= 4 is 0 Å². The average Bonchev–Trinajstić information content (AvgIpc) is 2.18. The summed E-state index contributed by atoms with van der Waals surface area (Å²) in [5.41, 5.74) is 0.523. The molecule has 88 valence electrons. The summed E-state index contributed by atoms with van der Waals surface area (Å²) < 4.78 is 11.6. The van der Waals surface area contributed by atoms with Gasteiger partial charge in [-0.05, 0) is 45.2 Å². The van der Waals surface area contributed by atoms with E-state index in [1.165, 1.54) is 12.8 Å². The van der Waals surface area contributed by atoms with Crippen molar-refractivity contribution in [1.29, 1.82) is 0 Å². The molecule has 1 heterocycles. The monoisotopic (exact) mass is 213 g/mol. The number of piperidine rings is 1. The van der Waals surface area contributed by atoms with Gasteiger partial charge >= 0.3 is 0 Å². The summed E-state index contributed by atoms with van der Waals surface area (Å²) in [6.45, 7) is 7.94. The van der Waals surface area contributed by atoms with E-state index in [0.717, 1.165) is 39.1 Å². The van der Waals surface area contributed by atoms with Gasteiger partial charge in [0.15, 0.2) is 5.79 Å². The van der Waals surface area contributed by atoms with Crippen LogP contribution in [0.5, 0.6) is 0 Å². The lowest BCUT2D eigenvalue weighted by molar-refractivity contribution is -0.319. The fraction of sp³-hybridized carbons (Fsp3) is 1.00. The van der Waals surface area contributed by atoms with Crippen molar-refractivity contribution in [1.82, 2.24) is 5.32 Å². The van der Waals surface area contributed by atoms with E-state index in [4.69, 9.17) is 9.47 Å². The molecule has 1 saturated heterocycles. The molecule has 0 radical (unpaired) electrons. The van der Waals surface area contributed by atoms with Crippen LogP contribution in [0, 0.1) is 5.41 Å². The standard InChI is InChI=1S/C12H23NO2/c1-3-14-12(15-4-2)9-11(10-12)5-7-13-8-6-11/h13H,3-10H2,1-2H3. The summed E-state index contributed by atoms with van der Waals surface area (Å²) in [6.07, 6.45) is 4.77. The second-order valence-corrected chi connectivity index (χ2v) is 4.88. The minimum Gasteiger partial charge on any atom is -0.350 e. The summed E-state index contributed by atoms with van der Waals surface area (Å²) >= 11 is 0. The van der Waals surface area contributed by atoms with Crippen LogP contribution >= 0.6 is 0 Å². The molecule has 0 aromatic carbocycles. The Morgan fingerprint density at radius 3 is 2.00 bits per heavy atom. The molecule has 2 fully saturated rings. The Labute approximate surface area is 92.5 Å². The largest absolute Gasteiger partial charge is 0.350 e. The van der Waals surface area contributed by atoms with Crippen molar-refractivity contribution in [2.24, 2.45) is 5.41 Å². The van der Waals surface area contributed by atoms with Crippen LogP contribution in [-0.4, -0.2) is 32.1 Å². The first-order valence-electron chi connectivity index (χ1n) is 6.23. The highest BCUT2D eigenvalue weighted by Crippen LogP contribution is 2.56. The van der Waals surface area contributed by atoms with Gasteiger partial charge in [0.25, 0.3) is 0 Å². The summed E-state index contributed by atoms with van der Waals surface area (Å²) in [4.78, 5) is 0. The van der Waals surface area contributed by atoms with Crippen molar-refractivity contribution in [3.05, 3.63) is 0 Å². The quantitative estimate of drug-likeness (QED) is 0.724. The van der Waals surface area contributed by atoms with E-state index in [9.17, 15) is 0 Å². The molecule has 1 aliphatic carbocycles. The number of hydrogen-bond donors (Lipinski definition) is 1. The highest BCUT2D eigenvalue weighted by atomic mass is 16.7. The van der Waals surface area contributed by atoms with Crippen molar-refractivity contribution in [3.63, 3.8) is 0 Å². The van der Waals surface area contributed by atoms with E-state index in [0.29, 0.717) is 5.41 Å². The highest BCUT2D eigenvalue weighted by molar-refractivity contribution is 5.02. The molecule has 0 aromatic heterocycles. The second-order valence-electron chi connectivity index (χ2n) is 4.88. The zero-order valence-electron chi connectivity index (χ0n) is 9.97. The van der Waals surface area contributed by atoms with E-state index in [-0.39, 0.29) is 5.79 Å². The second kappa shape index (κ2) is 4.40. The predicted molar refractivity (Wildman–Crippen MR) is 59.8 cm³/mol. The van der Waals surface area contributed by atoms with E-state index in [2.05, 4.69) is 5.32 Å². The molecule has 0 unspecified atom stereocenters. The third kappa shape index (κ3) is 2.19. The van der Waals surface area contributed by atoms with E-state index < -0.39 is 0 Å². The Balaban J connectivity index is 1.91. The van der Waals surface area contributed by atoms with E-state index in [1.807, 2.05) is 13.8 Å². The van der Waals surface area contributed by atoms with Crippen LogP contribution in [0.25, 0.3) is 0 Å². The highest BCUT2D eigenvalue weighted by Gasteiger charge is 2.56. The lowest BCUT2D eigenvalue weighted by atomic mass is 9.59. The van der Waals surface area contributed by atoms with Gasteiger partial charge in [-0.3, -0.25) is 0 Å². The Morgan fingerprint density at radius 2 is 1.53 bits per heavy atom. The third-order valence-corrected chi connectivity index (χ3v) is 3.77.